The number of rotatable bonds is 7. The van der Waals surface area contributed by atoms with E-state index in [9.17, 15) is 9.59 Å². The van der Waals surface area contributed by atoms with E-state index < -0.39 is 11.9 Å². The second-order valence-electron chi connectivity index (χ2n) is 8.03. The molecule has 0 aliphatic rings. The highest BCUT2D eigenvalue weighted by atomic mass is 16.5. The number of fused-ring (bicyclic) bond motifs is 2. The molecule has 0 unspecified atom stereocenters. The minimum Gasteiger partial charge on any atom is -0.424 e. The summed E-state index contributed by atoms with van der Waals surface area (Å²) in [6, 6.07) is 8.87. The summed E-state index contributed by atoms with van der Waals surface area (Å²) in [6.45, 7) is 9.02. The van der Waals surface area contributed by atoms with Crippen molar-refractivity contribution < 1.29 is 19.1 Å². The third-order valence-electron chi connectivity index (χ3n) is 4.90. The minimum atomic E-state index is -0.428. The van der Waals surface area contributed by atoms with Crippen molar-refractivity contribution in [3.05, 3.63) is 59.2 Å². The monoisotopic (exact) mass is 432 g/mol. The quantitative estimate of drug-likeness (QED) is 0.201. The zero-order valence-electron chi connectivity index (χ0n) is 19.2. The van der Waals surface area contributed by atoms with Gasteiger partial charge >= 0.3 is 11.9 Å². The summed E-state index contributed by atoms with van der Waals surface area (Å²) in [5, 5.41) is 0. The smallest absolute Gasteiger partial charge is 0.308 e. The predicted molar refractivity (Wildman–Crippen MR) is 126 cm³/mol. The molecule has 0 N–H and O–H groups in total. The Kier molecular flexibility index (Phi) is 7.36. The number of aromatic nitrogens is 2. The molecule has 0 aliphatic carbocycles. The fourth-order valence-corrected chi connectivity index (χ4v) is 3.40. The number of allylic oxidation sites excluding steroid dienone is 4. The van der Waals surface area contributed by atoms with E-state index in [4.69, 9.17) is 19.4 Å². The fraction of sp³-hybridized carbons (Fsp3) is 0.308. The molecule has 6 nitrogen and oxygen atoms in total. The lowest BCUT2D eigenvalue weighted by atomic mass is 10.0. The van der Waals surface area contributed by atoms with E-state index in [1.54, 1.807) is 24.3 Å². The lowest BCUT2D eigenvalue weighted by molar-refractivity contribution is -0.132. The van der Waals surface area contributed by atoms with E-state index >= 15 is 0 Å². The highest BCUT2D eigenvalue weighted by molar-refractivity contribution is 5.95. The van der Waals surface area contributed by atoms with Gasteiger partial charge in [0.15, 0.2) is 11.5 Å². The fourth-order valence-electron chi connectivity index (χ4n) is 3.40. The summed E-state index contributed by atoms with van der Waals surface area (Å²) in [6.07, 6.45) is 7.07. The summed E-state index contributed by atoms with van der Waals surface area (Å²) in [5.41, 5.74) is 5.70. The largest absolute Gasteiger partial charge is 0.424 e. The molecule has 6 heteroatoms. The van der Waals surface area contributed by atoms with Gasteiger partial charge in [0, 0.05) is 13.8 Å². The van der Waals surface area contributed by atoms with Crippen molar-refractivity contribution in [3.63, 3.8) is 0 Å². The first kappa shape index (κ1) is 23.1. The number of esters is 2. The van der Waals surface area contributed by atoms with Crippen LogP contribution in [-0.4, -0.2) is 21.9 Å². The van der Waals surface area contributed by atoms with E-state index in [2.05, 4.69) is 32.9 Å². The van der Waals surface area contributed by atoms with Crippen LogP contribution in [0.15, 0.2) is 53.6 Å². The van der Waals surface area contributed by atoms with Crippen LogP contribution < -0.4 is 9.47 Å². The van der Waals surface area contributed by atoms with E-state index in [-0.39, 0.29) is 0 Å². The van der Waals surface area contributed by atoms with Crippen LogP contribution in [0.4, 0.5) is 0 Å². The Labute approximate surface area is 188 Å². The Hall–Kier alpha value is -3.54. The number of para-hydroxylation sites is 1. The Morgan fingerprint density at radius 3 is 2.16 bits per heavy atom. The van der Waals surface area contributed by atoms with Gasteiger partial charge in [-0.15, -0.1) is 0 Å². The topological polar surface area (TPSA) is 78.4 Å². The summed E-state index contributed by atoms with van der Waals surface area (Å²) in [4.78, 5) is 32.6. The van der Waals surface area contributed by atoms with Crippen LogP contribution in [0.5, 0.6) is 11.5 Å². The third-order valence-corrected chi connectivity index (χ3v) is 4.90. The molecule has 1 aromatic heterocycles. The van der Waals surface area contributed by atoms with Gasteiger partial charge in [-0.1, -0.05) is 35.4 Å². The van der Waals surface area contributed by atoms with Crippen LogP contribution in [0, 0.1) is 0 Å². The average molecular weight is 433 g/mol. The number of hydrogen-bond acceptors (Lipinski definition) is 6. The molecule has 1 heterocycles. The molecule has 3 aromatic rings. The Morgan fingerprint density at radius 1 is 0.812 bits per heavy atom. The number of nitrogens with zero attached hydrogens (tertiary/aromatic N) is 2. The van der Waals surface area contributed by atoms with Gasteiger partial charge in [-0.3, -0.25) is 9.59 Å². The van der Waals surface area contributed by atoms with Crippen molar-refractivity contribution in [2.45, 2.75) is 53.9 Å². The van der Waals surface area contributed by atoms with Gasteiger partial charge in [0.2, 0.25) is 0 Å². The highest BCUT2D eigenvalue weighted by Gasteiger charge is 2.15. The Bertz CT molecular complexity index is 1240. The van der Waals surface area contributed by atoms with Gasteiger partial charge in [-0.25, -0.2) is 9.97 Å². The van der Waals surface area contributed by atoms with Crippen LogP contribution in [0.3, 0.4) is 0 Å². The van der Waals surface area contributed by atoms with E-state index in [1.807, 2.05) is 6.07 Å². The molecular formula is C26H28N2O4. The number of carbonyl (C=O) groups is 2. The highest BCUT2D eigenvalue weighted by Crippen LogP contribution is 2.31. The van der Waals surface area contributed by atoms with Gasteiger partial charge in [-0.05, 0) is 63.8 Å². The lowest BCUT2D eigenvalue weighted by Crippen LogP contribution is -2.05. The first-order chi connectivity index (χ1) is 15.2. The standard InChI is InChI=1S/C26H28N2O4/c1-16(2)8-6-9-17(3)12-13-20-14-15-23(32-19(5)30)26-24(20)28-25-21(27-26)10-7-11-22(25)31-18(4)29/h7-8,10-12,14-15H,6,9,13H2,1-5H3. The van der Waals surface area contributed by atoms with Crippen molar-refractivity contribution in [1.82, 2.24) is 9.97 Å². The van der Waals surface area contributed by atoms with E-state index in [0.29, 0.717) is 40.0 Å². The van der Waals surface area contributed by atoms with Crippen LogP contribution in [0.1, 0.15) is 53.0 Å². The molecule has 166 valence electrons. The van der Waals surface area contributed by atoms with E-state index in [0.717, 1.165) is 18.4 Å². The first-order valence-corrected chi connectivity index (χ1v) is 10.6. The first-order valence-electron chi connectivity index (χ1n) is 10.6. The van der Waals surface area contributed by atoms with Crippen molar-refractivity contribution in [2.24, 2.45) is 0 Å². The van der Waals surface area contributed by atoms with Crippen molar-refractivity contribution >= 4 is 34.0 Å². The maximum Gasteiger partial charge on any atom is 0.308 e. The van der Waals surface area contributed by atoms with Crippen molar-refractivity contribution in [1.29, 1.82) is 0 Å². The number of carbonyl (C=O) groups excluding carboxylic acids is 2. The zero-order chi connectivity index (χ0) is 23.3. The summed E-state index contributed by atoms with van der Waals surface area (Å²) in [5.74, 6) is -0.151. The minimum absolute atomic E-state index is 0.349. The molecule has 0 spiro atoms. The molecule has 2 aromatic carbocycles. The number of benzene rings is 2. The van der Waals surface area contributed by atoms with Crippen LogP contribution in [0.25, 0.3) is 22.1 Å². The molecular weight excluding hydrogens is 404 g/mol. The normalized spacial score (nSPS) is 11.5. The summed E-state index contributed by atoms with van der Waals surface area (Å²) >= 11 is 0. The second-order valence-corrected chi connectivity index (χ2v) is 8.03. The van der Waals surface area contributed by atoms with Crippen molar-refractivity contribution in [3.8, 4) is 11.5 Å². The Balaban J connectivity index is 2.09. The molecule has 0 saturated carbocycles. The Morgan fingerprint density at radius 2 is 1.50 bits per heavy atom. The van der Waals surface area contributed by atoms with Gasteiger partial charge in [-0.2, -0.15) is 0 Å². The van der Waals surface area contributed by atoms with Gasteiger partial charge < -0.3 is 9.47 Å². The van der Waals surface area contributed by atoms with Crippen LogP contribution >= 0.6 is 0 Å². The molecule has 0 saturated heterocycles. The maximum absolute atomic E-state index is 11.6. The lowest BCUT2D eigenvalue weighted by Gasteiger charge is -2.12. The molecule has 0 radical (unpaired) electrons. The summed E-state index contributed by atoms with van der Waals surface area (Å²) < 4.78 is 10.7. The van der Waals surface area contributed by atoms with E-state index in [1.165, 1.54) is 25.0 Å². The molecule has 0 fully saturated rings. The zero-order valence-corrected chi connectivity index (χ0v) is 19.2. The number of ether oxygens (including phenoxy) is 2. The molecule has 3 rings (SSSR count). The van der Waals surface area contributed by atoms with Gasteiger partial charge in [0.05, 0.1) is 11.0 Å². The van der Waals surface area contributed by atoms with Gasteiger partial charge in [0.25, 0.3) is 0 Å². The summed E-state index contributed by atoms with van der Waals surface area (Å²) in [7, 11) is 0. The molecule has 32 heavy (non-hydrogen) atoms. The van der Waals surface area contributed by atoms with Crippen LogP contribution in [-0.2, 0) is 16.0 Å². The van der Waals surface area contributed by atoms with Gasteiger partial charge in [0.1, 0.15) is 11.0 Å². The number of hydrogen-bond donors (Lipinski definition) is 0. The molecule has 0 atom stereocenters. The average Bonchev–Trinajstić information content (AvgIpc) is 2.71. The predicted octanol–water partition coefficient (Wildman–Crippen LogP) is 5.87. The SMILES string of the molecule is CC(=O)Oc1cccc2nc3c(OC(C)=O)ccc(CC=C(C)CCC=C(C)C)c3nc12. The van der Waals surface area contributed by atoms with Crippen LogP contribution in [0.2, 0.25) is 0 Å². The van der Waals surface area contributed by atoms with Crippen molar-refractivity contribution in [2.75, 3.05) is 0 Å². The maximum atomic E-state index is 11.6. The molecule has 0 amide bonds. The second kappa shape index (κ2) is 10.2. The molecule has 0 aliphatic heterocycles. The molecule has 0 bridgehead atoms. The third kappa shape index (κ3) is 5.78.